The molecule has 10 aromatic rings. The van der Waals surface area contributed by atoms with Crippen LogP contribution in [-0.4, -0.2) is 4.57 Å². The second kappa shape index (κ2) is 15.9. The maximum atomic E-state index is 2.47. The molecule has 0 radical (unpaired) electrons. The predicted octanol–water partition coefficient (Wildman–Crippen LogP) is 16.4. The Morgan fingerprint density at radius 2 is 1.00 bits per heavy atom. The lowest BCUT2D eigenvalue weighted by atomic mass is 9.86. The SMILES string of the molecule is CC(C)Cc1ccc2c(c1)c1cc([C@H]3C=CC(N(c4ccccc4)c4ccccc4)=CC3)ccc1n2-c1ccc(-c2c3ccccc3c(-c3ccccc3)c3ccccc23)cc1. The molecule has 1 aliphatic carbocycles. The van der Waals surface area contributed by atoms with Crippen LogP contribution in [0.4, 0.5) is 11.4 Å². The van der Waals surface area contributed by atoms with Crippen LogP contribution < -0.4 is 4.90 Å². The van der Waals surface area contributed by atoms with Gasteiger partial charge in [-0.25, -0.2) is 0 Å². The number of nitrogens with zero attached hydrogens (tertiary/aromatic N) is 2. The minimum atomic E-state index is 0.283. The minimum Gasteiger partial charge on any atom is -0.311 e. The maximum Gasteiger partial charge on any atom is 0.0541 e. The lowest BCUT2D eigenvalue weighted by Gasteiger charge is -2.29. The summed E-state index contributed by atoms with van der Waals surface area (Å²) in [5.74, 6) is 0.864. The van der Waals surface area contributed by atoms with E-state index in [9.17, 15) is 0 Å². The number of allylic oxidation sites excluding steroid dienone is 3. The Morgan fingerprint density at radius 3 is 1.53 bits per heavy atom. The van der Waals surface area contributed by atoms with Crippen LogP contribution in [0.1, 0.15) is 37.3 Å². The van der Waals surface area contributed by atoms with E-state index in [4.69, 9.17) is 0 Å². The highest BCUT2D eigenvalue weighted by atomic mass is 15.1. The van der Waals surface area contributed by atoms with Crippen molar-refractivity contribution in [3.8, 4) is 27.9 Å². The van der Waals surface area contributed by atoms with Gasteiger partial charge in [-0.3, -0.25) is 0 Å². The topological polar surface area (TPSA) is 8.17 Å². The van der Waals surface area contributed by atoms with E-state index < -0.39 is 0 Å². The van der Waals surface area contributed by atoms with Crippen LogP contribution in [0, 0.1) is 5.92 Å². The number of aromatic nitrogens is 1. The van der Waals surface area contributed by atoms with E-state index in [0.29, 0.717) is 5.92 Å². The smallest absolute Gasteiger partial charge is 0.0541 e. The Morgan fingerprint density at radius 1 is 0.500 bits per heavy atom. The normalized spacial score (nSPS) is 14.0. The summed E-state index contributed by atoms with van der Waals surface area (Å²) in [5, 5.41) is 7.71. The molecule has 2 heteroatoms. The third-order valence-electron chi connectivity index (χ3n) is 12.7. The maximum absolute atomic E-state index is 2.47. The highest BCUT2D eigenvalue weighted by Crippen LogP contribution is 2.44. The molecule has 0 aliphatic heterocycles. The number of fused-ring (bicyclic) bond motifs is 5. The Labute approximate surface area is 364 Å². The number of benzene rings is 9. The van der Waals surface area contributed by atoms with E-state index in [1.165, 1.54) is 88.1 Å². The number of anilines is 2. The average Bonchev–Trinajstić information content (AvgIpc) is 3.65. The first-order valence-corrected chi connectivity index (χ1v) is 22.0. The molecule has 1 aromatic heterocycles. The van der Waals surface area contributed by atoms with Gasteiger partial charge < -0.3 is 9.47 Å². The molecule has 9 aromatic carbocycles. The largest absolute Gasteiger partial charge is 0.311 e. The predicted molar refractivity (Wildman–Crippen MR) is 265 cm³/mol. The molecule has 11 rings (SSSR count). The van der Waals surface area contributed by atoms with Gasteiger partial charge in [0.05, 0.1) is 11.0 Å². The fraction of sp³-hybridized carbons (Fsp3) is 0.100. The van der Waals surface area contributed by atoms with E-state index in [2.05, 4.69) is 242 Å². The van der Waals surface area contributed by atoms with Gasteiger partial charge in [-0.05, 0) is 140 Å². The van der Waals surface area contributed by atoms with Gasteiger partial charge in [-0.1, -0.05) is 166 Å². The molecule has 0 bridgehead atoms. The van der Waals surface area contributed by atoms with E-state index in [0.717, 1.165) is 24.2 Å². The summed E-state index contributed by atoms with van der Waals surface area (Å²) in [4.78, 5) is 2.36. The van der Waals surface area contributed by atoms with Gasteiger partial charge in [0, 0.05) is 39.4 Å². The highest BCUT2D eigenvalue weighted by Gasteiger charge is 2.21. The quantitative estimate of drug-likeness (QED) is 0.132. The summed E-state index contributed by atoms with van der Waals surface area (Å²) in [6.07, 6.45) is 9.10. The van der Waals surface area contributed by atoms with Crippen molar-refractivity contribution in [2.24, 2.45) is 5.92 Å². The van der Waals surface area contributed by atoms with Crippen molar-refractivity contribution < 1.29 is 0 Å². The molecule has 1 aliphatic rings. The van der Waals surface area contributed by atoms with Crippen LogP contribution in [0.5, 0.6) is 0 Å². The molecule has 0 amide bonds. The zero-order chi connectivity index (χ0) is 41.6. The summed E-state index contributed by atoms with van der Waals surface area (Å²) in [6, 6.07) is 73.6. The first-order valence-electron chi connectivity index (χ1n) is 22.0. The van der Waals surface area contributed by atoms with E-state index in [1.54, 1.807) is 0 Å². The fourth-order valence-corrected chi connectivity index (χ4v) is 9.95. The lowest BCUT2D eigenvalue weighted by Crippen LogP contribution is -2.17. The molecule has 0 saturated heterocycles. The van der Waals surface area contributed by atoms with Gasteiger partial charge in [0.2, 0.25) is 0 Å². The van der Waals surface area contributed by atoms with E-state index in [-0.39, 0.29) is 5.92 Å². The van der Waals surface area contributed by atoms with Crippen molar-refractivity contribution in [2.45, 2.75) is 32.6 Å². The highest BCUT2D eigenvalue weighted by molar-refractivity contribution is 6.21. The molecule has 0 saturated carbocycles. The molecule has 1 heterocycles. The van der Waals surface area contributed by atoms with Gasteiger partial charge in [-0.2, -0.15) is 0 Å². The van der Waals surface area contributed by atoms with Crippen LogP contribution in [-0.2, 0) is 6.42 Å². The number of para-hydroxylation sites is 2. The molecule has 0 unspecified atom stereocenters. The summed E-state index contributed by atoms with van der Waals surface area (Å²) in [6.45, 7) is 4.62. The lowest BCUT2D eigenvalue weighted by molar-refractivity contribution is 0.648. The van der Waals surface area contributed by atoms with Crippen LogP contribution in [0.2, 0.25) is 0 Å². The second-order valence-electron chi connectivity index (χ2n) is 17.2. The number of hydrogen-bond donors (Lipinski definition) is 0. The van der Waals surface area contributed by atoms with Crippen molar-refractivity contribution in [3.63, 3.8) is 0 Å². The summed E-state index contributed by atoms with van der Waals surface area (Å²) < 4.78 is 2.47. The molecule has 0 spiro atoms. The van der Waals surface area contributed by atoms with Crippen molar-refractivity contribution in [3.05, 3.63) is 235 Å². The second-order valence-corrected chi connectivity index (χ2v) is 17.2. The standard InChI is InChI=1S/C60H48N2/c1-41(2)38-42-26-36-57-55(39-42)56-40-46(43-27-32-49(33-28-43)61(47-18-8-4-9-19-47)48-20-10-5-11-21-48)31-37-58(56)62(57)50-34-29-45(30-35-50)60-53-24-14-12-22-51(53)59(44-16-6-3-7-17-44)52-23-13-15-25-54(52)60/h3-27,29-37,39-41,43H,28,38H2,1-2H3/t43-/m0/s1. The van der Waals surface area contributed by atoms with Crippen LogP contribution >= 0.6 is 0 Å². The van der Waals surface area contributed by atoms with Gasteiger partial charge >= 0.3 is 0 Å². The Balaban J connectivity index is 0.994. The van der Waals surface area contributed by atoms with Crippen molar-refractivity contribution in [1.82, 2.24) is 4.57 Å². The van der Waals surface area contributed by atoms with Gasteiger partial charge in [-0.15, -0.1) is 0 Å². The summed E-state index contributed by atoms with van der Waals surface area (Å²) in [5.41, 5.74) is 14.9. The molecule has 1 atom stereocenters. The van der Waals surface area contributed by atoms with Crippen LogP contribution in [0.25, 0.3) is 71.3 Å². The summed E-state index contributed by atoms with van der Waals surface area (Å²) >= 11 is 0. The Hall–Kier alpha value is -7.42. The Kier molecular flexibility index (Phi) is 9.62. The van der Waals surface area contributed by atoms with Gasteiger partial charge in [0.15, 0.2) is 0 Å². The van der Waals surface area contributed by atoms with Crippen molar-refractivity contribution in [2.75, 3.05) is 4.90 Å². The third-order valence-corrected chi connectivity index (χ3v) is 12.7. The van der Waals surface area contributed by atoms with E-state index >= 15 is 0 Å². The monoisotopic (exact) mass is 796 g/mol. The van der Waals surface area contributed by atoms with Crippen molar-refractivity contribution in [1.29, 1.82) is 0 Å². The summed E-state index contributed by atoms with van der Waals surface area (Å²) in [7, 11) is 0. The van der Waals surface area contributed by atoms with Crippen molar-refractivity contribution >= 4 is 54.7 Å². The van der Waals surface area contributed by atoms with Crippen LogP contribution in [0.15, 0.2) is 224 Å². The van der Waals surface area contributed by atoms with Crippen LogP contribution in [0.3, 0.4) is 0 Å². The molecular weight excluding hydrogens is 749 g/mol. The molecule has 0 fully saturated rings. The first kappa shape index (κ1) is 37.6. The molecule has 298 valence electrons. The van der Waals surface area contributed by atoms with Gasteiger partial charge in [0.25, 0.3) is 0 Å². The third kappa shape index (κ3) is 6.69. The molecule has 0 N–H and O–H groups in total. The zero-order valence-corrected chi connectivity index (χ0v) is 35.2. The minimum absolute atomic E-state index is 0.283. The Bertz CT molecular complexity index is 3200. The molecule has 2 nitrogen and oxygen atoms in total. The fourth-order valence-electron chi connectivity index (χ4n) is 9.95. The molecular formula is C60H48N2. The number of rotatable bonds is 9. The number of hydrogen-bond acceptors (Lipinski definition) is 1. The van der Waals surface area contributed by atoms with E-state index in [1.807, 2.05) is 0 Å². The average molecular weight is 797 g/mol. The first-order chi connectivity index (χ1) is 30.6. The molecule has 62 heavy (non-hydrogen) atoms. The zero-order valence-electron chi connectivity index (χ0n) is 35.2. The van der Waals surface area contributed by atoms with Gasteiger partial charge in [0.1, 0.15) is 0 Å².